The van der Waals surface area contributed by atoms with Gasteiger partial charge in [0.1, 0.15) is 23.8 Å². The molecule has 1 aromatic rings. The number of esters is 2. The van der Waals surface area contributed by atoms with Crippen molar-refractivity contribution in [2.24, 2.45) is 11.5 Å². The first-order valence-electron chi connectivity index (χ1n) is 8.82. The topological polar surface area (TPSA) is 173 Å². The molecular weight excluding hydrogens is 410 g/mol. The van der Waals surface area contributed by atoms with Gasteiger partial charge in [-0.1, -0.05) is 6.07 Å². The molecule has 0 saturated heterocycles. The third kappa shape index (κ3) is 5.05. The van der Waals surface area contributed by atoms with Crippen molar-refractivity contribution in [3.63, 3.8) is 0 Å². The minimum absolute atomic E-state index is 0.0677. The van der Waals surface area contributed by atoms with Crippen LogP contribution in [0.5, 0.6) is 11.5 Å². The Bertz CT molecular complexity index is 1010. The molecule has 1 atom stereocenters. The third-order valence-electron chi connectivity index (χ3n) is 4.33. The Morgan fingerprint density at radius 1 is 1.16 bits per heavy atom. The van der Waals surface area contributed by atoms with Crippen LogP contribution in [0, 0.1) is 11.3 Å². The van der Waals surface area contributed by atoms with Crippen molar-refractivity contribution in [3.8, 4) is 17.6 Å². The second-order valence-electron chi connectivity index (χ2n) is 6.17. The summed E-state index contributed by atoms with van der Waals surface area (Å²) in [4.78, 5) is 35.4. The number of allylic oxidation sites excluding steroid dienone is 1. The molecule has 1 heterocycles. The van der Waals surface area contributed by atoms with Crippen LogP contribution in [-0.4, -0.2) is 45.8 Å². The molecule has 11 heteroatoms. The van der Waals surface area contributed by atoms with Gasteiger partial charge in [0.05, 0.1) is 32.8 Å². The predicted molar refractivity (Wildman–Crippen MR) is 104 cm³/mol. The molecule has 4 N–H and O–H groups in total. The summed E-state index contributed by atoms with van der Waals surface area (Å²) in [5, 5.41) is 9.66. The number of primary amides is 1. The monoisotopic (exact) mass is 431 g/mol. The summed E-state index contributed by atoms with van der Waals surface area (Å²) in [6.45, 7) is -0.375. The normalized spacial score (nSPS) is 15.5. The zero-order valence-corrected chi connectivity index (χ0v) is 17.1. The van der Waals surface area contributed by atoms with E-state index >= 15 is 0 Å². The zero-order valence-electron chi connectivity index (χ0n) is 17.1. The lowest BCUT2D eigenvalue weighted by atomic mass is 9.82. The number of ether oxygens (including phenoxy) is 5. The van der Waals surface area contributed by atoms with E-state index in [-0.39, 0.29) is 40.9 Å². The molecule has 0 unspecified atom stereocenters. The predicted octanol–water partition coefficient (Wildman–Crippen LogP) is 0.357. The van der Waals surface area contributed by atoms with Crippen LogP contribution >= 0.6 is 0 Å². The van der Waals surface area contributed by atoms with E-state index in [9.17, 15) is 19.6 Å². The van der Waals surface area contributed by atoms with Gasteiger partial charge in [-0.2, -0.15) is 5.26 Å². The number of methoxy groups -OCH3 is 3. The van der Waals surface area contributed by atoms with E-state index in [1.54, 1.807) is 0 Å². The number of rotatable bonds is 8. The van der Waals surface area contributed by atoms with Crippen LogP contribution in [0.25, 0.3) is 0 Å². The first-order valence-corrected chi connectivity index (χ1v) is 8.82. The number of nitrogens with zero attached hydrogens (tertiary/aromatic N) is 1. The summed E-state index contributed by atoms with van der Waals surface area (Å²) < 4.78 is 25.5. The molecule has 2 rings (SSSR count). The van der Waals surface area contributed by atoms with Crippen molar-refractivity contribution >= 4 is 17.8 Å². The first-order chi connectivity index (χ1) is 14.8. The molecule has 0 aliphatic carbocycles. The van der Waals surface area contributed by atoms with Crippen molar-refractivity contribution in [1.29, 1.82) is 5.26 Å². The molecule has 1 aromatic carbocycles. The molecular formula is C20H21N3O8. The molecule has 11 nitrogen and oxygen atoms in total. The second kappa shape index (κ2) is 10.0. The van der Waals surface area contributed by atoms with E-state index in [0.717, 1.165) is 7.11 Å². The highest BCUT2D eigenvalue weighted by atomic mass is 16.5. The molecule has 0 radical (unpaired) electrons. The van der Waals surface area contributed by atoms with Crippen molar-refractivity contribution in [3.05, 3.63) is 46.6 Å². The van der Waals surface area contributed by atoms with Crippen molar-refractivity contribution in [1.82, 2.24) is 0 Å². The summed E-state index contributed by atoms with van der Waals surface area (Å²) in [5.41, 5.74) is 11.2. The lowest BCUT2D eigenvalue weighted by Crippen LogP contribution is -2.27. The highest BCUT2D eigenvalue weighted by Crippen LogP contribution is 2.42. The van der Waals surface area contributed by atoms with Crippen LogP contribution in [0.15, 0.2) is 41.0 Å². The van der Waals surface area contributed by atoms with Gasteiger partial charge in [-0.3, -0.25) is 9.59 Å². The maximum Gasteiger partial charge on any atom is 0.338 e. The third-order valence-corrected chi connectivity index (χ3v) is 4.33. The van der Waals surface area contributed by atoms with E-state index in [2.05, 4.69) is 4.74 Å². The average molecular weight is 431 g/mol. The number of amides is 1. The number of carbonyl (C=O) groups is 3. The number of benzene rings is 1. The fourth-order valence-electron chi connectivity index (χ4n) is 2.95. The van der Waals surface area contributed by atoms with Gasteiger partial charge in [-0.25, -0.2) is 4.79 Å². The Hall–Kier alpha value is -4.20. The Labute approximate surface area is 177 Å². The fraction of sp³-hybridized carbons (Fsp3) is 0.300. The van der Waals surface area contributed by atoms with Gasteiger partial charge in [0.25, 0.3) is 5.91 Å². The lowest BCUT2D eigenvalue weighted by Gasteiger charge is -2.28. The fourth-order valence-corrected chi connectivity index (χ4v) is 2.95. The highest BCUT2D eigenvalue weighted by Gasteiger charge is 2.38. The number of hydrogen-bond donors (Lipinski definition) is 2. The Kier molecular flexibility index (Phi) is 7.46. The molecule has 0 fully saturated rings. The Balaban J connectivity index is 2.65. The number of hydrogen-bond acceptors (Lipinski definition) is 10. The van der Waals surface area contributed by atoms with Crippen LogP contribution in [0.1, 0.15) is 17.9 Å². The van der Waals surface area contributed by atoms with E-state index in [4.69, 9.17) is 30.4 Å². The molecule has 0 saturated carbocycles. The summed E-state index contributed by atoms with van der Waals surface area (Å²) in [6.07, 6.45) is -0.409. The average Bonchev–Trinajstić information content (AvgIpc) is 2.76. The van der Waals surface area contributed by atoms with Gasteiger partial charge < -0.3 is 35.2 Å². The summed E-state index contributed by atoms with van der Waals surface area (Å²) >= 11 is 0. The molecule has 31 heavy (non-hydrogen) atoms. The number of carbonyl (C=O) groups excluding carboxylic acids is 3. The standard InChI is InChI=1S/C20H21N3O8/c1-27-13-6-10(4-5-12(13)30-9-15(22)24)17-11(8-21)19(23)31-14(7-16(25)28-2)18(17)20(26)29-3/h4-6,17H,7,9,23H2,1-3H3,(H2,22,24)/t17-/m1/s1. The molecule has 1 aliphatic rings. The van der Waals surface area contributed by atoms with Crippen LogP contribution in [-0.2, 0) is 28.6 Å². The summed E-state index contributed by atoms with van der Waals surface area (Å²) in [5.74, 6) is -3.16. The Morgan fingerprint density at radius 3 is 2.42 bits per heavy atom. The number of nitrogens with two attached hydrogens (primary N) is 2. The van der Waals surface area contributed by atoms with E-state index < -0.39 is 30.2 Å². The van der Waals surface area contributed by atoms with E-state index in [0.29, 0.717) is 5.56 Å². The quantitative estimate of drug-likeness (QED) is 0.547. The zero-order chi connectivity index (χ0) is 23.1. The highest BCUT2D eigenvalue weighted by molar-refractivity contribution is 5.93. The summed E-state index contributed by atoms with van der Waals surface area (Å²) in [6, 6.07) is 6.44. The van der Waals surface area contributed by atoms with Crippen LogP contribution in [0.3, 0.4) is 0 Å². The van der Waals surface area contributed by atoms with Gasteiger partial charge in [-0.15, -0.1) is 0 Å². The van der Waals surface area contributed by atoms with Gasteiger partial charge >= 0.3 is 11.9 Å². The molecule has 0 spiro atoms. The van der Waals surface area contributed by atoms with Crippen LogP contribution in [0.2, 0.25) is 0 Å². The smallest absolute Gasteiger partial charge is 0.338 e. The van der Waals surface area contributed by atoms with Gasteiger partial charge in [-0.05, 0) is 17.7 Å². The van der Waals surface area contributed by atoms with Crippen LogP contribution in [0.4, 0.5) is 0 Å². The summed E-state index contributed by atoms with van der Waals surface area (Å²) in [7, 11) is 3.70. The van der Waals surface area contributed by atoms with E-state index in [1.807, 2.05) is 6.07 Å². The van der Waals surface area contributed by atoms with Crippen LogP contribution < -0.4 is 20.9 Å². The van der Waals surface area contributed by atoms with Crippen molar-refractivity contribution < 1.29 is 38.1 Å². The van der Waals surface area contributed by atoms with Gasteiger partial charge in [0.15, 0.2) is 18.1 Å². The van der Waals surface area contributed by atoms with Crippen molar-refractivity contribution in [2.45, 2.75) is 12.3 Å². The minimum Gasteiger partial charge on any atom is -0.493 e. The SMILES string of the molecule is COC(=O)CC1=C(C(=O)OC)[C@H](c2ccc(OCC(N)=O)c(OC)c2)C(C#N)=C(N)O1. The lowest BCUT2D eigenvalue weighted by molar-refractivity contribution is -0.140. The maximum absolute atomic E-state index is 12.6. The molecule has 0 bridgehead atoms. The minimum atomic E-state index is -1.02. The Morgan fingerprint density at radius 2 is 1.87 bits per heavy atom. The largest absolute Gasteiger partial charge is 0.493 e. The van der Waals surface area contributed by atoms with Crippen molar-refractivity contribution in [2.75, 3.05) is 27.9 Å². The maximum atomic E-state index is 12.6. The molecule has 1 aliphatic heterocycles. The first kappa shape index (κ1) is 23.1. The number of nitriles is 1. The van der Waals surface area contributed by atoms with Gasteiger partial charge in [0, 0.05) is 0 Å². The van der Waals surface area contributed by atoms with Gasteiger partial charge in [0.2, 0.25) is 5.88 Å². The second-order valence-corrected chi connectivity index (χ2v) is 6.17. The molecule has 164 valence electrons. The van der Waals surface area contributed by atoms with E-state index in [1.165, 1.54) is 32.4 Å². The molecule has 0 aromatic heterocycles. The molecule has 1 amide bonds.